The van der Waals surface area contributed by atoms with Gasteiger partial charge in [-0.3, -0.25) is 14.9 Å². The predicted molar refractivity (Wildman–Crippen MR) is 93.6 cm³/mol. The van der Waals surface area contributed by atoms with Gasteiger partial charge in [-0.05, 0) is 31.0 Å². The third-order valence-corrected chi connectivity index (χ3v) is 4.47. The van der Waals surface area contributed by atoms with E-state index >= 15 is 0 Å². The van der Waals surface area contributed by atoms with Crippen LogP contribution in [-0.4, -0.2) is 28.4 Å². The van der Waals surface area contributed by atoms with Crippen molar-refractivity contribution in [3.05, 3.63) is 69.0 Å². The molecule has 26 heavy (non-hydrogen) atoms. The molecule has 0 heterocycles. The van der Waals surface area contributed by atoms with Crippen molar-refractivity contribution in [2.24, 2.45) is 0 Å². The van der Waals surface area contributed by atoms with Crippen LogP contribution >= 0.6 is 11.6 Å². The van der Waals surface area contributed by atoms with Crippen molar-refractivity contribution >= 4 is 23.2 Å². The highest BCUT2D eigenvalue weighted by Gasteiger charge is 2.34. The molecule has 0 saturated heterocycles. The summed E-state index contributed by atoms with van der Waals surface area (Å²) in [6.45, 7) is -0.331. The van der Waals surface area contributed by atoms with E-state index in [9.17, 15) is 19.3 Å². The smallest absolute Gasteiger partial charge is 0.310 e. The summed E-state index contributed by atoms with van der Waals surface area (Å²) in [4.78, 5) is 24.5. The van der Waals surface area contributed by atoms with Gasteiger partial charge in [-0.25, -0.2) is 4.39 Å². The SMILES string of the molecule is O=C(COc1ccccc1[N+](=O)[O-])N(Cc1c(F)cccc1Cl)C1CC1. The minimum atomic E-state index is -0.572. The molecule has 2 aromatic rings. The van der Waals surface area contributed by atoms with Crippen LogP contribution < -0.4 is 4.74 Å². The molecule has 1 aliphatic rings. The van der Waals surface area contributed by atoms with Gasteiger partial charge in [0.25, 0.3) is 5.91 Å². The number of ether oxygens (including phenoxy) is 1. The van der Waals surface area contributed by atoms with Crippen LogP contribution in [0.25, 0.3) is 0 Å². The summed E-state index contributed by atoms with van der Waals surface area (Å²) >= 11 is 6.05. The molecule has 0 N–H and O–H groups in total. The molecular weight excluding hydrogens is 363 g/mol. The summed E-state index contributed by atoms with van der Waals surface area (Å²) in [5.74, 6) is -0.828. The lowest BCUT2D eigenvalue weighted by Gasteiger charge is -2.23. The number of para-hydroxylation sites is 2. The lowest BCUT2D eigenvalue weighted by molar-refractivity contribution is -0.385. The summed E-state index contributed by atoms with van der Waals surface area (Å²) < 4.78 is 19.4. The Morgan fingerprint density at radius 1 is 1.27 bits per heavy atom. The number of carbonyl (C=O) groups excluding carboxylic acids is 1. The first-order valence-corrected chi connectivity index (χ1v) is 8.43. The van der Waals surface area contributed by atoms with Gasteiger partial charge in [0.05, 0.1) is 11.5 Å². The van der Waals surface area contributed by atoms with E-state index in [1.807, 2.05) is 0 Å². The summed E-state index contributed by atoms with van der Waals surface area (Å²) in [5.41, 5.74) is 0.0375. The Balaban J connectivity index is 1.72. The van der Waals surface area contributed by atoms with Crippen LogP contribution in [0.3, 0.4) is 0 Å². The molecule has 0 spiro atoms. The molecule has 0 atom stereocenters. The standard InChI is InChI=1S/C18H16ClFN2O4/c19-14-4-3-5-15(20)13(14)10-21(12-8-9-12)18(23)11-26-17-7-2-1-6-16(17)22(24)25/h1-7,12H,8-11H2. The number of hydrogen-bond donors (Lipinski definition) is 0. The summed E-state index contributed by atoms with van der Waals surface area (Å²) in [5, 5.41) is 11.3. The van der Waals surface area contributed by atoms with Crippen molar-refractivity contribution in [2.45, 2.75) is 25.4 Å². The minimum absolute atomic E-state index is 0.00697. The van der Waals surface area contributed by atoms with E-state index in [0.717, 1.165) is 12.8 Å². The highest BCUT2D eigenvalue weighted by Crippen LogP contribution is 2.31. The van der Waals surface area contributed by atoms with Gasteiger partial charge in [0, 0.05) is 22.7 Å². The number of hydrogen-bond acceptors (Lipinski definition) is 4. The Morgan fingerprint density at radius 2 is 2.00 bits per heavy atom. The van der Waals surface area contributed by atoms with Crippen LogP contribution in [0.4, 0.5) is 10.1 Å². The quantitative estimate of drug-likeness (QED) is 0.540. The molecule has 1 aliphatic carbocycles. The second-order valence-electron chi connectivity index (χ2n) is 5.97. The fourth-order valence-corrected chi connectivity index (χ4v) is 2.84. The van der Waals surface area contributed by atoms with Gasteiger partial charge < -0.3 is 9.64 Å². The molecule has 0 aliphatic heterocycles. The second-order valence-corrected chi connectivity index (χ2v) is 6.37. The second kappa shape index (κ2) is 7.70. The van der Waals surface area contributed by atoms with E-state index in [4.69, 9.17) is 16.3 Å². The summed E-state index contributed by atoms with van der Waals surface area (Å²) in [6.07, 6.45) is 1.65. The van der Waals surface area contributed by atoms with Crippen molar-refractivity contribution < 1.29 is 18.8 Å². The van der Waals surface area contributed by atoms with Gasteiger partial charge >= 0.3 is 5.69 Å². The number of benzene rings is 2. The van der Waals surface area contributed by atoms with Crippen LogP contribution in [0.2, 0.25) is 5.02 Å². The monoisotopic (exact) mass is 378 g/mol. The predicted octanol–water partition coefficient (Wildman–Crippen LogP) is 3.96. The summed E-state index contributed by atoms with van der Waals surface area (Å²) in [7, 11) is 0. The fraction of sp³-hybridized carbons (Fsp3) is 0.278. The first-order valence-electron chi connectivity index (χ1n) is 8.06. The van der Waals surface area contributed by atoms with Crippen LogP contribution in [0, 0.1) is 15.9 Å². The van der Waals surface area contributed by atoms with Crippen LogP contribution in [0.1, 0.15) is 18.4 Å². The molecular formula is C18H16ClFN2O4. The maximum atomic E-state index is 14.0. The molecule has 1 fully saturated rings. The third-order valence-electron chi connectivity index (χ3n) is 4.11. The molecule has 3 rings (SSSR count). The third kappa shape index (κ3) is 4.11. The average Bonchev–Trinajstić information content (AvgIpc) is 3.44. The summed E-state index contributed by atoms with van der Waals surface area (Å²) in [6, 6.07) is 10.2. The van der Waals surface area contributed by atoms with Crippen LogP contribution in [0.5, 0.6) is 5.75 Å². The Morgan fingerprint density at radius 3 is 2.65 bits per heavy atom. The van der Waals surface area contributed by atoms with E-state index in [2.05, 4.69) is 0 Å². The number of nitrogens with zero attached hydrogens (tertiary/aromatic N) is 2. The molecule has 2 aromatic carbocycles. The van der Waals surface area contributed by atoms with E-state index < -0.39 is 10.7 Å². The lowest BCUT2D eigenvalue weighted by atomic mass is 10.2. The number of nitro groups is 1. The Bertz CT molecular complexity index is 821. The van der Waals surface area contributed by atoms with E-state index in [0.29, 0.717) is 0 Å². The maximum absolute atomic E-state index is 14.0. The Hall–Kier alpha value is -2.67. The van der Waals surface area contributed by atoms with Crippen molar-refractivity contribution in [1.82, 2.24) is 4.90 Å². The largest absolute Gasteiger partial charge is 0.477 e. The highest BCUT2D eigenvalue weighted by molar-refractivity contribution is 6.31. The number of nitro benzene ring substituents is 1. The van der Waals surface area contributed by atoms with Gasteiger partial charge in [0.1, 0.15) is 5.82 Å². The topological polar surface area (TPSA) is 72.7 Å². The van der Waals surface area contributed by atoms with E-state index in [-0.39, 0.29) is 47.1 Å². The molecule has 6 nitrogen and oxygen atoms in total. The van der Waals surface area contributed by atoms with Gasteiger partial charge in [0.2, 0.25) is 0 Å². The Labute approximate surface area is 154 Å². The lowest BCUT2D eigenvalue weighted by Crippen LogP contribution is -2.36. The zero-order valence-corrected chi connectivity index (χ0v) is 14.5. The average molecular weight is 379 g/mol. The van der Waals surface area contributed by atoms with E-state index in [1.165, 1.54) is 35.2 Å². The molecule has 1 saturated carbocycles. The minimum Gasteiger partial charge on any atom is -0.477 e. The van der Waals surface area contributed by atoms with E-state index in [1.54, 1.807) is 12.1 Å². The molecule has 0 bridgehead atoms. The number of rotatable bonds is 7. The van der Waals surface area contributed by atoms with Crippen LogP contribution in [0.15, 0.2) is 42.5 Å². The molecule has 0 aromatic heterocycles. The van der Waals surface area contributed by atoms with Gasteiger partial charge in [-0.2, -0.15) is 0 Å². The van der Waals surface area contributed by atoms with Crippen LogP contribution in [-0.2, 0) is 11.3 Å². The first-order chi connectivity index (χ1) is 12.5. The van der Waals surface area contributed by atoms with Crippen molar-refractivity contribution in [2.75, 3.05) is 6.61 Å². The molecule has 136 valence electrons. The normalized spacial score (nSPS) is 13.3. The fourth-order valence-electron chi connectivity index (χ4n) is 2.61. The van der Waals surface area contributed by atoms with Crippen molar-refractivity contribution in [1.29, 1.82) is 0 Å². The molecule has 0 radical (unpaired) electrons. The number of halogens is 2. The Kier molecular flexibility index (Phi) is 5.37. The molecule has 0 unspecified atom stereocenters. The zero-order valence-electron chi connectivity index (χ0n) is 13.7. The molecule has 8 heteroatoms. The number of carbonyl (C=O) groups is 1. The van der Waals surface area contributed by atoms with Gasteiger partial charge in [-0.15, -0.1) is 0 Å². The molecule has 1 amide bonds. The zero-order chi connectivity index (χ0) is 18.7. The number of amides is 1. The van der Waals surface area contributed by atoms with Crippen molar-refractivity contribution in [3.63, 3.8) is 0 Å². The van der Waals surface area contributed by atoms with Crippen molar-refractivity contribution in [3.8, 4) is 5.75 Å². The maximum Gasteiger partial charge on any atom is 0.310 e. The van der Waals surface area contributed by atoms with Gasteiger partial charge in [-0.1, -0.05) is 29.8 Å². The first kappa shape index (κ1) is 18.1. The highest BCUT2D eigenvalue weighted by atomic mass is 35.5. The van der Waals surface area contributed by atoms with Gasteiger partial charge in [0.15, 0.2) is 12.4 Å².